The summed E-state index contributed by atoms with van der Waals surface area (Å²) in [6, 6.07) is 4.91. The van der Waals surface area contributed by atoms with Crippen molar-refractivity contribution < 1.29 is 8.78 Å². The summed E-state index contributed by atoms with van der Waals surface area (Å²) in [5.74, 6) is 0. The molecule has 2 aromatic rings. The van der Waals surface area contributed by atoms with Gasteiger partial charge in [0.05, 0.1) is 0 Å². The zero-order chi connectivity index (χ0) is 9.42. The van der Waals surface area contributed by atoms with Gasteiger partial charge in [-0.15, -0.1) is 0 Å². The Morgan fingerprint density at radius 3 is 2.77 bits per heavy atom. The van der Waals surface area contributed by atoms with E-state index in [2.05, 4.69) is 4.98 Å². The van der Waals surface area contributed by atoms with Gasteiger partial charge in [0.1, 0.15) is 0 Å². The molecule has 1 aromatic heterocycles. The van der Waals surface area contributed by atoms with Gasteiger partial charge in [-0.25, -0.2) is 8.78 Å². The summed E-state index contributed by atoms with van der Waals surface area (Å²) in [5, 5.41) is 0.495. The van der Waals surface area contributed by atoms with Gasteiger partial charge in [0, 0.05) is 28.4 Å². The molecule has 0 spiro atoms. The number of nitrogen functional groups attached to an aromatic ring is 1. The third-order valence-electron chi connectivity index (χ3n) is 1.97. The fourth-order valence-corrected chi connectivity index (χ4v) is 1.34. The molecule has 13 heavy (non-hydrogen) atoms. The van der Waals surface area contributed by atoms with Gasteiger partial charge in [-0.2, -0.15) is 0 Å². The number of nitrogens with two attached hydrogens (primary N) is 1. The largest absolute Gasteiger partial charge is 0.399 e. The van der Waals surface area contributed by atoms with Crippen LogP contribution in [-0.2, 0) is 0 Å². The number of fused-ring (bicyclic) bond motifs is 1. The molecule has 0 aliphatic rings. The van der Waals surface area contributed by atoms with E-state index in [9.17, 15) is 8.78 Å². The maximum absolute atomic E-state index is 12.4. The summed E-state index contributed by atoms with van der Waals surface area (Å²) in [6.07, 6.45) is -1.15. The Kier molecular flexibility index (Phi) is 1.69. The summed E-state index contributed by atoms with van der Waals surface area (Å²) < 4.78 is 24.8. The number of H-pyrrole nitrogens is 1. The van der Waals surface area contributed by atoms with E-state index in [1.54, 1.807) is 18.2 Å². The fourth-order valence-electron chi connectivity index (χ4n) is 1.34. The molecule has 0 radical (unpaired) electrons. The van der Waals surface area contributed by atoms with Crippen LogP contribution in [0.5, 0.6) is 0 Å². The van der Waals surface area contributed by atoms with Crippen molar-refractivity contribution in [1.82, 2.24) is 4.98 Å². The minimum absolute atomic E-state index is 0.00213. The lowest BCUT2D eigenvalue weighted by atomic mass is 10.1. The van der Waals surface area contributed by atoms with Gasteiger partial charge < -0.3 is 10.7 Å². The van der Waals surface area contributed by atoms with Crippen LogP contribution in [0.2, 0.25) is 0 Å². The van der Waals surface area contributed by atoms with Crippen molar-refractivity contribution in [1.29, 1.82) is 0 Å². The average molecular weight is 182 g/mol. The molecule has 4 heteroatoms. The monoisotopic (exact) mass is 182 g/mol. The summed E-state index contributed by atoms with van der Waals surface area (Å²) >= 11 is 0. The quantitative estimate of drug-likeness (QED) is 0.654. The third kappa shape index (κ3) is 1.24. The number of aromatic nitrogens is 1. The number of nitrogens with one attached hydrogen (secondary N) is 1. The van der Waals surface area contributed by atoms with E-state index < -0.39 is 6.43 Å². The van der Waals surface area contributed by atoms with Gasteiger partial charge in [0.25, 0.3) is 6.43 Å². The molecule has 0 saturated heterocycles. The van der Waals surface area contributed by atoms with Crippen LogP contribution >= 0.6 is 0 Å². The minimum Gasteiger partial charge on any atom is -0.399 e. The van der Waals surface area contributed by atoms with Crippen molar-refractivity contribution in [3.8, 4) is 0 Å². The minimum atomic E-state index is -2.46. The molecule has 0 amide bonds. The van der Waals surface area contributed by atoms with Crippen LogP contribution < -0.4 is 5.73 Å². The SMILES string of the molecule is Nc1ccc2[nH]cc(C(F)F)c2c1. The molecule has 0 fully saturated rings. The van der Waals surface area contributed by atoms with E-state index in [0.29, 0.717) is 16.6 Å². The Labute approximate surface area is 73.4 Å². The molecule has 3 N–H and O–H groups in total. The average Bonchev–Trinajstić information content (AvgIpc) is 2.46. The maximum Gasteiger partial charge on any atom is 0.265 e. The van der Waals surface area contributed by atoms with Gasteiger partial charge in [0.15, 0.2) is 0 Å². The predicted octanol–water partition coefficient (Wildman–Crippen LogP) is 2.69. The Hall–Kier alpha value is -1.58. The maximum atomic E-state index is 12.4. The second-order valence-corrected chi connectivity index (χ2v) is 2.85. The lowest BCUT2D eigenvalue weighted by Crippen LogP contribution is -1.84. The van der Waals surface area contributed by atoms with E-state index in [-0.39, 0.29) is 5.56 Å². The molecule has 2 rings (SSSR count). The summed E-state index contributed by atoms with van der Waals surface area (Å²) in [5.41, 5.74) is 6.67. The van der Waals surface area contributed by atoms with Crippen molar-refractivity contribution in [2.24, 2.45) is 0 Å². The molecular formula is C9H8F2N2. The Balaban J connectivity index is 2.71. The van der Waals surface area contributed by atoms with Gasteiger partial charge in [-0.05, 0) is 18.2 Å². The van der Waals surface area contributed by atoms with Crippen LogP contribution in [0, 0.1) is 0 Å². The molecule has 0 unspecified atom stereocenters. The highest BCUT2D eigenvalue weighted by molar-refractivity contribution is 5.86. The molecule has 1 aromatic carbocycles. The number of aromatic amines is 1. The van der Waals surface area contributed by atoms with Gasteiger partial charge >= 0.3 is 0 Å². The van der Waals surface area contributed by atoms with Gasteiger partial charge in [0.2, 0.25) is 0 Å². The molecule has 0 bridgehead atoms. The lowest BCUT2D eigenvalue weighted by Gasteiger charge is -1.97. The van der Waals surface area contributed by atoms with Crippen molar-refractivity contribution in [2.45, 2.75) is 6.43 Å². The topological polar surface area (TPSA) is 41.8 Å². The van der Waals surface area contributed by atoms with Crippen LogP contribution in [0.1, 0.15) is 12.0 Å². The third-order valence-corrected chi connectivity index (χ3v) is 1.97. The number of rotatable bonds is 1. The Bertz CT molecular complexity index is 434. The summed E-state index contributed by atoms with van der Waals surface area (Å²) in [7, 11) is 0. The second kappa shape index (κ2) is 2.73. The molecule has 68 valence electrons. The first-order valence-electron chi connectivity index (χ1n) is 3.83. The molecule has 1 heterocycles. The highest BCUT2D eigenvalue weighted by Gasteiger charge is 2.12. The van der Waals surface area contributed by atoms with Crippen molar-refractivity contribution in [3.63, 3.8) is 0 Å². The normalized spacial score (nSPS) is 11.3. The number of hydrogen-bond donors (Lipinski definition) is 2. The fraction of sp³-hybridized carbons (Fsp3) is 0.111. The highest BCUT2D eigenvalue weighted by Crippen LogP contribution is 2.28. The van der Waals surface area contributed by atoms with E-state index in [4.69, 9.17) is 5.73 Å². The molecule has 2 nitrogen and oxygen atoms in total. The number of halogens is 2. The van der Waals surface area contributed by atoms with E-state index in [1.807, 2.05) is 0 Å². The van der Waals surface area contributed by atoms with Gasteiger partial charge in [-0.1, -0.05) is 0 Å². The molecule has 0 atom stereocenters. The van der Waals surface area contributed by atoms with E-state index >= 15 is 0 Å². The van der Waals surface area contributed by atoms with Crippen molar-refractivity contribution >= 4 is 16.6 Å². The van der Waals surface area contributed by atoms with E-state index in [0.717, 1.165) is 0 Å². The number of alkyl halides is 2. The molecule has 0 aliphatic heterocycles. The van der Waals surface area contributed by atoms with Crippen LogP contribution in [0.15, 0.2) is 24.4 Å². The Morgan fingerprint density at radius 2 is 2.08 bits per heavy atom. The van der Waals surface area contributed by atoms with Crippen LogP contribution in [-0.4, -0.2) is 4.98 Å². The van der Waals surface area contributed by atoms with Crippen LogP contribution in [0.25, 0.3) is 10.9 Å². The van der Waals surface area contributed by atoms with Crippen molar-refractivity contribution in [2.75, 3.05) is 5.73 Å². The first kappa shape index (κ1) is 8.04. The predicted molar refractivity (Wildman–Crippen MR) is 47.7 cm³/mol. The Morgan fingerprint density at radius 1 is 1.31 bits per heavy atom. The van der Waals surface area contributed by atoms with Crippen molar-refractivity contribution in [3.05, 3.63) is 30.0 Å². The summed E-state index contributed by atoms with van der Waals surface area (Å²) in [6.45, 7) is 0. The van der Waals surface area contributed by atoms with E-state index in [1.165, 1.54) is 6.20 Å². The number of hydrogen-bond acceptors (Lipinski definition) is 1. The summed E-state index contributed by atoms with van der Waals surface area (Å²) in [4.78, 5) is 2.76. The van der Waals surface area contributed by atoms with Gasteiger partial charge in [-0.3, -0.25) is 0 Å². The van der Waals surface area contributed by atoms with Crippen LogP contribution in [0.3, 0.4) is 0 Å². The number of benzene rings is 1. The molecular weight excluding hydrogens is 174 g/mol. The lowest BCUT2D eigenvalue weighted by molar-refractivity contribution is 0.153. The first-order valence-corrected chi connectivity index (χ1v) is 3.83. The smallest absolute Gasteiger partial charge is 0.265 e. The van der Waals surface area contributed by atoms with Crippen LogP contribution in [0.4, 0.5) is 14.5 Å². The number of anilines is 1. The first-order chi connectivity index (χ1) is 6.18. The second-order valence-electron chi connectivity index (χ2n) is 2.85. The molecule has 0 saturated carbocycles. The highest BCUT2D eigenvalue weighted by atomic mass is 19.3. The molecule has 0 aliphatic carbocycles. The standard InChI is InChI=1S/C9H8F2N2/c10-9(11)7-4-13-8-2-1-5(12)3-6(7)8/h1-4,9,13H,12H2. The zero-order valence-electron chi connectivity index (χ0n) is 6.72. The zero-order valence-corrected chi connectivity index (χ0v) is 6.72.